The van der Waals surface area contributed by atoms with Gasteiger partial charge < -0.3 is 14.8 Å². The van der Waals surface area contributed by atoms with Gasteiger partial charge in [-0.15, -0.1) is 0 Å². The van der Waals surface area contributed by atoms with Crippen LogP contribution >= 0.6 is 0 Å². The third-order valence-electron chi connectivity index (χ3n) is 5.12. The molecule has 0 aliphatic carbocycles. The summed E-state index contributed by atoms with van der Waals surface area (Å²) in [5, 5.41) is 6.78. The molecule has 1 amide bonds. The first kappa shape index (κ1) is 23.1. The summed E-state index contributed by atoms with van der Waals surface area (Å²) in [6.45, 7) is -0.260. The van der Waals surface area contributed by atoms with Gasteiger partial charge in [-0.2, -0.15) is 23.3 Å². The SMILES string of the molecule is COc1ccc(CNC(=O)COc2cc(C(F)(F)F)c3c(-c4ccccc4)nn(C)c3n2)cc1. The van der Waals surface area contributed by atoms with Gasteiger partial charge in [0.25, 0.3) is 5.91 Å². The van der Waals surface area contributed by atoms with Crippen molar-refractivity contribution in [1.29, 1.82) is 0 Å². The number of halogens is 3. The van der Waals surface area contributed by atoms with Gasteiger partial charge >= 0.3 is 6.18 Å². The Morgan fingerprint density at radius 1 is 1.09 bits per heavy atom. The van der Waals surface area contributed by atoms with Crippen LogP contribution in [-0.2, 0) is 24.6 Å². The van der Waals surface area contributed by atoms with Crippen LogP contribution in [0, 0.1) is 0 Å². The number of alkyl halides is 3. The van der Waals surface area contributed by atoms with E-state index >= 15 is 0 Å². The molecular weight excluding hydrogens is 449 g/mol. The number of benzene rings is 2. The van der Waals surface area contributed by atoms with Gasteiger partial charge in [0.15, 0.2) is 12.3 Å². The van der Waals surface area contributed by atoms with Crippen molar-refractivity contribution >= 4 is 16.9 Å². The first-order valence-corrected chi connectivity index (χ1v) is 10.3. The number of carbonyl (C=O) groups is 1. The number of nitrogens with one attached hydrogen (secondary N) is 1. The van der Waals surface area contributed by atoms with E-state index in [2.05, 4.69) is 15.4 Å². The Hall–Kier alpha value is -4.08. The smallest absolute Gasteiger partial charge is 0.417 e. The van der Waals surface area contributed by atoms with Gasteiger partial charge in [-0.25, -0.2) is 4.68 Å². The van der Waals surface area contributed by atoms with Crippen LogP contribution in [0.4, 0.5) is 13.2 Å². The molecule has 176 valence electrons. The summed E-state index contributed by atoms with van der Waals surface area (Å²) in [6.07, 6.45) is -4.68. The Morgan fingerprint density at radius 2 is 1.79 bits per heavy atom. The second kappa shape index (κ2) is 9.42. The normalized spacial score (nSPS) is 11.4. The number of fused-ring (bicyclic) bond motifs is 1. The van der Waals surface area contributed by atoms with E-state index in [1.165, 1.54) is 11.7 Å². The lowest BCUT2D eigenvalue weighted by Gasteiger charge is -2.12. The quantitative estimate of drug-likeness (QED) is 0.434. The Morgan fingerprint density at radius 3 is 2.44 bits per heavy atom. The second-order valence-electron chi connectivity index (χ2n) is 7.46. The predicted octanol–water partition coefficient (Wildman–Crippen LogP) is 4.36. The van der Waals surface area contributed by atoms with Gasteiger partial charge in [-0.3, -0.25) is 4.79 Å². The average Bonchev–Trinajstić information content (AvgIpc) is 3.17. The molecule has 0 saturated heterocycles. The lowest BCUT2D eigenvalue weighted by molar-refractivity contribution is -0.136. The van der Waals surface area contributed by atoms with E-state index in [4.69, 9.17) is 9.47 Å². The number of hydrogen-bond donors (Lipinski definition) is 1. The summed E-state index contributed by atoms with van der Waals surface area (Å²) >= 11 is 0. The first-order chi connectivity index (χ1) is 16.3. The van der Waals surface area contributed by atoms with E-state index in [9.17, 15) is 18.0 Å². The van der Waals surface area contributed by atoms with Gasteiger partial charge in [0.2, 0.25) is 5.88 Å². The van der Waals surface area contributed by atoms with Crippen LogP contribution in [0.15, 0.2) is 60.7 Å². The number of aryl methyl sites for hydroxylation is 1. The van der Waals surface area contributed by atoms with Crippen molar-refractivity contribution in [2.45, 2.75) is 12.7 Å². The maximum absolute atomic E-state index is 14.0. The highest BCUT2D eigenvalue weighted by Crippen LogP contribution is 2.40. The standard InChI is InChI=1S/C24H21F3N4O3/c1-31-23-21(22(30-31)16-6-4-3-5-7-16)18(24(25,26)27)12-20(29-23)34-14-19(32)28-13-15-8-10-17(33-2)11-9-15/h3-12H,13-14H2,1-2H3,(H,28,32). The number of ether oxygens (including phenoxy) is 2. The number of amides is 1. The molecular formula is C24H21F3N4O3. The average molecular weight is 470 g/mol. The fourth-order valence-corrected chi connectivity index (χ4v) is 3.45. The molecule has 2 aromatic carbocycles. The highest BCUT2D eigenvalue weighted by Gasteiger charge is 2.36. The van der Waals surface area contributed by atoms with Crippen LogP contribution in [0.3, 0.4) is 0 Å². The van der Waals surface area contributed by atoms with Crippen LogP contribution in [0.25, 0.3) is 22.3 Å². The molecule has 0 bridgehead atoms. The Balaban J connectivity index is 1.55. The van der Waals surface area contributed by atoms with Crippen LogP contribution in [0.5, 0.6) is 11.6 Å². The summed E-state index contributed by atoms with van der Waals surface area (Å²) in [4.78, 5) is 16.4. The molecule has 0 saturated carbocycles. The Labute approximate surface area is 193 Å². The number of hydrogen-bond acceptors (Lipinski definition) is 5. The molecule has 0 spiro atoms. The lowest BCUT2D eigenvalue weighted by Crippen LogP contribution is -2.28. The highest BCUT2D eigenvalue weighted by molar-refractivity contribution is 5.94. The van der Waals surface area contributed by atoms with E-state index in [-0.39, 0.29) is 29.2 Å². The molecule has 0 unspecified atom stereocenters. The zero-order chi connectivity index (χ0) is 24.3. The zero-order valence-electron chi connectivity index (χ0n) is 18.4. The molecule has 0 aliphatic heterocycles. The molecule has 10 heteroatoms. The molecule has 34 heavy (non-hydrogen) atoms. The molecule has 7 nitrogen and oxygen atoms in total. The minimum Gasteiger partial charge on any atom is -0.497 e. The van der Waals surface area contributed by atoms with E-state index in [0.29, 0.717) is 11.3 Å². The first-order valence-electron chi connectivity index (χ1n) is 10.3. The highest BCUT2D eigenvalue weighted by atomic mass is 19.4. The zero-order valence-corrected chi connectivity index (χ0v) is 18.4. The van der Waals surface area contributed by atoms with Crippen molar-refractivity contribution in [2.24, 2.45) is 7.05 Å². The van der Waals surface area contributed by atoms with Crippen molar-refractivity contribution in [1.82, 2.24) is 20.1 Å². The van der Waals surface area contributed by atoms with E-state index < -0.39 is 24.3 Å². The van der Waals surface area contributed by atoms with Crippen LogP contribution in [0.2, 0.25) is 0 Å². The third-order valence-corrected chi connectivity index (χ3v) is 5.12. The molecule has 4 aromatic rings. The predicted molar refractivity (Wildman–Crippen MR) is 119 cm³/mol. The van der Waals surface area contributed by atoms with Crippen molar-refractivity contribution in [3.63, 3.8) is 0 Å². The summed E-state index contributed by atoms with van der Waals surface area (Å²) < 4.78 is 53.5. The minimum absolute atomic E-state index is 0.00215. The summed E-state index contributed by atoms with van der Waals surface area (Å²) in [5.74, 6) is -0.130. The van der Waals surface area contributed by atoms with E-state index in [1.54, 1.807) is 61.7 Å². The number of methoxy groups -OCH3 is 1. The molecule has 0 aliphatic rings. The summed E-state index contributed by atoms with van der Waals surface area (Å²) in [6, 6.07) is 16.5. The van der Waals surface area contributed by atoms with Crippen LogP contribution < -0.4 is 14.8 Å². The van der Waals surface area contributed by atoms with Crippen molar-refractivity contribution in [2.75, 3.05) is 13.7 Å². The lowest BCUT2D eigenvalue weighted by atomic mass is 10.0. The Bertz CT molecular complexity index is 1300. The number of rotatable bonds is 7. The van der Waals surface area contributed by atoms with Crippen LogP contribution in [0.1, 0.15) is 11.1 Å². The Kier molecular flexibility index (Phi) is 6.40. The largest absolute Gasteiger partial charge is 0.497 e. The summed E-state index contributed by atoms with van der Waals surface area (Å²) in [7, 11) is 3.06. The fraction of sp³-hybridized carbons (Fsp3) is 0.208. The molecule has 2 heterocycles. The number of pyridine rings is 1. The third kappa shape index (κ3) is 4.95. The molecule has 2 aromatic heterocycles. The molecule has 1 N–H and O–H groups in total. The van der Waals surface area contributed by atoms with Crippen LogP contribution in [-0.4, -0.2) is 34.4 Å². The number of carbonyl (C=O) groups excluding carboxylic acids is 1. The van der Waals surface area contributed by atoms with Gasteiger partial charge in [0, 0.05) is 25.2 Å². The minimum atomic E-state index is -4.68. The second-order valence-corrected chi connectivity index (χ2v) is 7.46. The molecule has 4 rings (SSSR count). The van der Waals surface area contributed by atoms with E-state index in [1.807, 2.05) is 0 Å². The maximum Gasteiger partial charge on any atom is 0.417 e. The van der Waals surface area contributed by atoms with Crippen molar-refractivity contribution in [3.8, 4) is 22.9 Å². The van der Waals surface area contributed by atoms with Crippen molar-refractivity contribution < 1.29 is 27.4 Å². The molecule has 0 atom stereocenters. The topological polar surface area (TPSA) is 78.3 Å². The van der Waals surface area contributed by atoms with Gasteiger partial charge in [0.1, 0.15) is 11.4 Å². The monoisotopic (exact) mass is 470 g/mol. The van der Waals surface area contributed by atoms with E-state index in [0.717, 1.165) is 11.6 Å². The van der Waals surface area contributed by atoms with Crippen molar-refractivity contribution in [3.05, 3.63) is 71.8 Å². The molecule has 0 radical (unpaired) electrons. The number of nitrogens with zero attached hydrogens (tertiary/aromatic N) is 3. The molecule has 0 fully saturated rings. The fourth-order valence-electron chi connectivity index (χ4n) is 3.45. The maximum atomic E-state index is 14.0. The van der Waals surface area contributed by atoms with Gasteiger partial charge in [-0.05, 0) is 17.7 Å². The van der Waals surface area contributed by atoms with Gasteiger partial charge in [0.05, 0.1) is 18.1 Å². The van der Waals surface area contributed by atoms with Gasteiger partial charge in [-0.1, -0.05) is 42.5 Å². The summed E-state index contributed by atoms with van der Waals surface area (Å²) in [5.41, 5.74) is 0.602. The number of aromatic nitrogens is 3.